The Morgan fingerprint density at radius 2 is 2.20 bits per heavy atom. The molecular weight excluding hydrogens is 214 g/mol. The van der Waals surface area contributed by atoms with Crippen molar-refractivity contribution in [2.24, 2.45) is 5.73 Å². The zero-order valence-corrected chi connectivity index (χ0v) is 9.16. The van der Waals surface area contributed by atoms with Crippen LogP contribution in [0, 0.1) is 6.92 Å². The molecular formula is C10H13NO3S. The van der Waals surface area contributed by atoms with Crippen LogP contribution in [0.3, 0.4) is 0 Å². The van der Waals surface area contributed by atoms with E-state index < -0.39 is 18.1 Å². The maximum Gasteiger partial charge on any atom is 0.330 e. The van der Waals surface area contributed by atoms with Crippen LogP contribution in [0.5, 0.6) is 0 Å². The standard InChI is InChI=1S/C10H13NO3S/c1-6-2-3-7(8(15)4-6)10(11,5-12)9(13)14/h2-4,12,15H,5,11H2,1H3,(H,13,14). The number of rotatable bonds is 3. The van der Waals surface area contributed by atoms with E-state index in [1.165, 1.54) is 0 Å². The Labute approximate surface area is 93.1 Å². The normalized spacial score (nSPS) is 14.7. The third-order valence-electron chi connectivity index (χ3n) is 2.26. The lowest BCUT2D eigenvalue weighted by molar-refractivity contribution is -0.145. The number of thiol groups is 1. The summed E-state index contributed by atoms with van der Waals surface area (Å²) >= 11 is 4.16. The van der Waals surface area contributed by atoms with E-state index in [0.717, 1.165) is 5.56 Å². The molecule has 0 aliphatic carbocycles. The second-order valence-corrected chi connectivity index (χ2v) is 3.94. The molecule has 0 radical (unpaired) electrons. The van der Waals surface area contributed by atoms with E-state index in [0.29, 0.717) is 10.5 Å². The minimum absolute atomic E-state index is 0.312. The summed E-state index contributed by atoms with van der Waals surface area (Å²) in [7, 11) is 0. The second-order valence-electron chi connectivity index (χ2n) is 3.46. The average molecular weight is 227 g/mol. The van der Waals surface area contributed by atoms with E-state index in [1.807, 2.05) is 6.92 Å². The molecule has 0 aliphatic heterocycles. The van der Waals surface area contributed by atoms with Gasteiger partial charge in [-0.15, -0.1) is 12.6 Å². The summed E-state index contributed by atoms with van der Waals surface area (Å²) in [5.74, 6) is -1.27. The summed E-state index contributed by atoms with van der Waals surface area (Å²) in [5.41, 5.74) is 5.09. The van der Waals surface area contributed by atoms with Gasteiger partial charge in [0.15, 0.2) is 5.54 Å². The van der Waals surface area contributed by atoms with Gasteiger partial charge < -0.3 is 15.9 Å². The van der Waals surface area contributed by atoms with Crippen molar-refractivity contribution in [2.45, 2.75) is 17.4 Å². The molecule has 0 spiro atoms. The van der Waals surface area contributed by atoms with Crippen molar-refractivity contribution in [1.82, 2.24) is 0 Å². The molecule has 4 nitrogen and oxygen atoms in total. The summed E-state index contributed by atoms with van der Waals surface area (Å²) in [4.78, 5) is 11.4. The molecule has 0 aromatic heterocycles. The number of hydrogen-bond donors (Lipinski definition) is 4. The van der Waals surface area contributed by atoms with E-state index in [4.69, 9.17) is 15.9 Å². The summed E-state index contributed by atoms with van der Waals surface area (Å²) in [6, 6.07) is 5.01. The quantitative estimate of drug-likeness (QED) is 0.567. The second kappa shape index (κ2) is 4.22. The van der Waals surface area contributed by atoms with Crippen LogP contribution in [0.1, 0.15) is 11.1 Å². The van der Waals surface area contributed by atoms with Crippen LogP contribution in [0.2, 0.25) is 0 Å². The van der Waals surface area contributed by atoms with Crippen molar-refractivity contribution < 1.29 is 15.0 Å². The first-order chi connectivity index (χ1) is 6.91. The van der Waals surface area contributed by atoms with E-state index in [2.05, 4.69) is 12.6 Å². The van der Waals surface area contributed by atoms with Gasteiger partial charge in [0.05, 0.1) is 6.61 Å². The molecule has 1 aromatic rings. The molecule has 0 aliphatic rings. The lowest BCUT2D eigenvalue weighted by Crippen LogP contribution is -2.48. The third-order valence-corrected chi connectivity index (χ3v) is 2.63. The molecule has 1 aromatic carbocycles. The molecule has 0 bridgehead atoms. The van der Waals surface area contributed by atoms with Gasteiger partial charge in [-0.3, -0.25) is 0 Å². The van der Waals surface area contributed by atoms with Gasteiger partial charge in [0.2, 0.25) is 0 Å². The average Bonchev–Trinajstić information content (AvgIpc) is 2.16. The van der Waals surface area contributed by atoms with E-state index >= 15 is 0 Å². The fourth-order valence-corrected chi connectivity index (χ4v) is 1.76. The number of carbonyl (C=O) groups is 1. The van der Waals surface area contributed by atoms with Crippen molar-refractivity contribution in [1.29, 1.82) is 0 Å². The van der Waals surface area contributed by atoms with Gasteiger partial charge >= 0.3 is 5.97 Å². The van der Waals surface area contributed by atoms with Crippen LogP contribution in [-0.4, -0.2) is 22.8 Å². The van der Waals surface area contributed by atoms with Crippen molar-refractivity contribution in [3.63, 3.8) is 0 Å². The molecule has 0 saturated heterocycles. The highest BCUT2D eigenvalue weighted by Gasteiger charge is 2.36. The number of benzene rings is 1. The summed E-state index contributed by atoms with van der Waals surface area (Å²) < 4.78 is 0. The lowest BCUT2D eigenvalue weighted by Gasteiger charge is -2.24. The fraction of sp³-hybridized carbons (Fsp3) is 0.300. The van der Waals surface area contributed by atoms with Crippen LogP contribution in [-0.2, 0) is 10.3 Å². The Balaban J connectivity index is 3.30. The smallest absolute Gasteiger partial charge is 0.330 e. The van der Waals surface area contributed by atoms with Gasteiger partial charge in [-0.2, -0.15) is 0 Å². The van der Waals surface area contributed by atoms with E-state index in [1.54, 1.807) is 18.2 Å². The Kier molecular flexibility index (Phi) is 3.38. The molecule has 0 fully saturated rings. The molecule has 0 saturated carbocycles. The van der Waals surface area contributed by atoms with Crippen LogP contribution in [0.25, 0.3) is 0 Å². The van der Waals surface area contributed by atoms with Gasteiger partial charge in [0.1, 0.15) is 0 Å². The number of aryl methyl sites for hydroxylation is 1. The number of aliphatic hydroxyl groups excluding tert-OH is 1. The minimum atomic E-state index is -1.79. The molecule has 82 valence electrons. The van der Waals surface area contributed by atoms with E-state index in [-0.39, 0.29) is 0 Å². The number of aliphatic hydroxyl groups is 1. The maximum atomic E-state index is 11.0. The number of carboxylic acid groups (broad SMARTS) is 1. The first kappa shape index (κ1) is 12.0. The summed E-state index contributed by atoms with van der Waals surface area (Å²) in [6.07, 6.45) is 0. The summed E-state index contributed by atoms with van der Waals surface area (Å²) in [5, 5.41) is 18.0. The zero-order chi connectivity index (χ0) is 11.6. The fourth-order valence-electron chi connectivity index (χ4n) is 1.29. The van der Waals surface area contributed by atoms with Crippen molar-refractivity contribution in [2.75, 3.05) is 6.61 Å². The molecule has 1 rings (SSSR count). The Hall–Kier alpha value is -1.04. The highest BCUT2D eigenvalue weighted by atomic mass is 32.1. The van der Waals surface area contributed by atoms with Crippen molar-refractivity contribution >= 4 is 18.6 Å². The molecule has 1 unspecified atom stereocenters. The highest BCUT2D eigenvalue weighted by molar-refractivity contribution is 7.80. The van der Waals surface area contributed by atoms with Gasteiger partial charge in [0, 0.05) is 4.90 Å². The largest absolute Gasteiger partial charge is 0.480 e. The first-order valence-corrected chi connectivity index (χ1v) is 4.80. The summed E-state index contributed by atoms with van der Waals surface area (Å²) in [6.45, 7) is 1.19. The highest BCUT2D eigenvalue weighted by Crippen LogP contribution is 2.26. The van der Waals surface area contributed by atoms with Gasteiger partial charge in [-0.1, -0.05) is 17.7 Å². The van der Waals surface area contributed by atoms with Gasteiger partial charge in [-0.05, 0) is 18.6 Å². The molecule has 5 heteroatoms. The number of nitrogens with two attached hydrogens (primary N) is 1. The Bertz CT molecular complexity index is 394. The molecule has 4 N–H and O–H groups in total. The molecule has 0 heterocycles. The van der Waals surface area contributed by atoms with Crippen LogP contribution < -0.4 is 5.73 Å². The Morgan fingerprint density at radius 1 is 1.60 bits per heavy atom. The Morgan fingerprint density at radius 3 is 2.60 bits per heavy atom. The monoisotopic (exact) mass is 227 g/mol. The maximum absolute atomic E-state index is 11.0. The minimum Gasteiger partial charge on any atom is -0.480 e. The third kappa shape index (κ3) is 2.14. The van der Waals surface area contributed by atoms with E-state index in [9.17, 15) is 4.79 Å². The number of aliphatic carboxylic acids is 1. The van der Waals surface area contributed by atoms with Crippen LogP contribution in [0.15, 0.2) is 23.1 Å². The van der Waals surface area contributed by atoms with Crippen molar-refractivity contribution in [3.05, 3.63) is 29.3 Å². The van der Waals surface area contributed by atoms with Crippen molar-refractivity contribution in [3.8, 4) is 0 Å². The SMILES string of the molecule is Cc1ccc(C(N)(CO)C(=O)O)c(S)c1. The predicted molar refractivity (Wildman–Crippen MR) is 59.0 cm³/mol. The molecule has 15 heavy (non-hydrogen) atoms. The topological polar surface area (TPSA) is 83.5 Å². The van der Waals surface area contributed by atoms with Crippen LogP contribution in [0.4, 0.5) is 0 Å². The predicted octanol–water partition coefficient (Wildman–Crippen LogP) is 0.515. The first-order valence-electron chi connectivity index (χ1n) is 4.35. The van der Waals surface area contributed by atoms with Gasteiger partial charge in [-0.25, -0.2) is 4.79 Å². The number of hydrogen-bond acceptors (Lipinski definition) is 4. The zero-order valence-electron chi connectivity index (χ0n) is 8.27. The van der Waals surface area contributed by atoms with Crippen LogP contribution >= 0.6 is 12.6 Å². The number of carboxylic acids is 1. The lowest BCUT2D eigenvalue weighted by atomic mass is 9.91. The molecule has 1 atom stereocenters. The molecule has 0 amide bonds. The van der Waals surface area contributed by atoms with Gasteiger partial charge in [0.25, 0.3) is 0 Å².